The molecule has 0 heterocycles. The highest BCUT2D eigenvalue weighted by molar-refractivity contribution is 5.73. The zero-order chi connectivity index (χ0) is 12.1. The highest BCUT2D eigenvalue weighted by atomic mass is 16.4. The number of aliphatic carboxylic acids is 1. The van der Waals surface area contributed by atoms with Gasteiger partial charge in [0.15, 0.2) is 0 Å². The van der Waals surface area contributed by atoms with Crippen LogP contribution in [0, 0.1) is 11.8 Å². The van der Waals surface area contributed by atoms with Crippen molar-refractivity contribution >= 4 is 5.97 Å². The van der Waals surface area contributed by atoms with Crippen molar-refractivity contribution in [3.63, 3.8) is 0 Å². The van der Waals surface area contributed by atoms with Crippen molar-refractivity contribution in [3.05, 3.63) is 0 Å². The summed E-state index contributed by atoms with van der Waals surface area (Å²) < 4.78 is 0. The van der Waals surface area contributed by atoms with Crippen LogP contribution < -0.4 is 5.32 Å². The van der Waals surface area contributed by atoms with Crippen LogP contribution in [0.2, 0.25) is 0 Å². The summed E-state index contributed by atoms with van der Waals surface area (Å²) in [7, 11) is 0. The lowest BCUT2D eigenvalue weighted by Crippen LogP contribution is -2.46. The molecule has 1 fully saturated rings. The summed E-state index contributed by atoms with van der Waals surface area (Å²) in [5.41, 5.74) is 0. The van der Waals surface area contributed by atoms with Gasteiger partial charge in [-0.25, -0.2) is 0 Å². The first-order valence-corrected chi connectivity index (χ1v) is 6.53. The Bertz CT molecular complexity index is 230. The van der Waals surface area contributed by atoms with Gasteiger partial charge in [0.25, 0.3) is 0 Å². The van der Waals surface area contributed by atoms with Crippen molar-refractivity contribution in [1.29, 1.82) is 0 Å². The number of carboxylic acid groups (broad SMARTS) is 1. The fraction of sp³-hybridized carbons (Fsp3) is 0.923. The van der Waals surface area contributed by atoms with Crippen LogP contribution in [0.5, 0.6) is 0 Å². The number of rotatable bonds is 5. The van der Waals surface area contributed by atoms with Gasteiger partial charge in [-0.3, -0.25) is 4.79 Å². The summed E-state index contributed by atoms with van der Waals surface area (Å²) >= 11 is 0. The van der Waals surface area contributed by atoms with E-state index >= 15 is 0 Å². The van der Waals surface area contributed by atoms with E-state index in [4.69, 9.17) is 5.11 Å². The summed E-state index contributed by atoms with van der Waals surface area (Å²) in [5, 5.41) is 12.4. The van der Waals surface area contributed by atoms with Crippen LogP contribution in [0.25, 0.3) is 0 Å². The molecule has 4 atom stereocenters. The Labute approximate surface area is 98.6 Å². The van der Waals surface area contributed by atoms with Crippen molar-refractivity contribution in [3.8, 4) is 0 Å². The molecule has 0 aromatic heterocycles. The van der Waals surface area contributed by atoms with Crippen LogP contribution in [-0.2, 0) is 4.79 Å². The van der Waals surface area contributed by atoms with E-state index in [1.54, 1.807) is 0 Å². The molecule has 16 heavy (non-hydrogen) atoms. The van der Waals surface area contributed by atoms with Gasteiger partial charge in [-0.15, -0.1) is 0 Å². The average Bonchev–Trinajstić information content (AvgIpc) is 2.22. The zero-order valence-electron chi connectivity index (χ0n) is 10.7. The Balaban J connectivity index is 2.43. The molecule has 0 spiro atoms. The molecule has 0 aliphatic heterocycles. The molecule has 3 nitrogen and oxygen atoms in total. The molecule has 0 amide bonds. The maximum Gasteiger partial charge on any atom is 0.320 e. The Morgan fingerprint density at radius 3 is 2.56 bits per heavy atom. The summed E-state index contributed by atoms with van der Waals surface area (Å²) in [6, 6.07) is 0.0504. The Morgan fingerprint density at radius 1 is 1.38 bits per heavy atom. The molecular weight excluding hydrogens is 202 g/mol. The predicted molar refractivity (Wildman–Crippen MR) is 65.4 cm³/mol. The van der Waals surface area contributed by atoms with Crippen molar-refractivity contribution in [2.45, 2.75) is 65.0 Å². The van der Waals surface area contributed by atoms with Gasteiger partial charge in [0.05, 0.1) is 0 Å². The molecule has 1 rings (SSSR count). The first kappa shape index (κ1) is 13.5. The maximum absolute atomic E-state index is 11.0. The number of nitrogens with one attached hydrogen (secondary N) is 1. The smallest absolute Gasteiger partial charge is 0.320 e. The van der Waals surface area contributed by atoms with E-state index in [9.17, 15) is 4.79 Å². The minimum atomic E-state index is -0.701. The van der Waals surface area contributed by atoms with E-state index in [0.29, 0.717) is 12.0 Å². The lowest BCUT2D eigenvalue weighted by Gasteiger charge is -2.34. The fourth-order valence-electron chi connectivity index (χ4n) is 2.55. The first-order valence-electron chi connectivity index (χ1n) is 6.53. The minimum absolute atomic E-state index is 0.351. The van der Waals surface area contributed by atoms with Crippen LogP contribution in [0.1, 0.15) is 52.9 Å². The van der Waals surface area contributed by atoms with Gasteiger partial charge in [-0.2, -0.15) is 0 Å². The molecule has 1 saturated carbocycles. The van der Waals surface area contributed by atoms with Gasteiger partial charge in [0.2, 0.25) is 0 Å². The van der Waals surface area contributed by atoms with Crippen LogP contribution in [0.15, 0.2) is 0 Å². The second kappa shape index (κ2) is 6.24. The summed E-state index contributed by atoms with van der Waals surface area (Å²) in [6.07, 6.45) is 5.11. The Morgan fingerprint density at radius 2 is 2.06 bits per heavy atom. The minimum Gasteiger partial charge on any atom is -0.480 e. The van der Waals surface area contributed by atoms with Gasteiger partial charge in [0, 0.05) is 6.04 Å². The van der Waals surface area contributed by atoms with Gasteiger partial charge in [-0.05, 0) is 37.5 Å². The van der Waals surface area contributed by atoms with E-state index in [-0.39, 0.29) is 6.04 Å². The van der Waals surface area contributed by atoms with Gasteiger partial charge in [-0.1, -0.05) is 27.2 Å². The number of carboxylic acids is 1. The maximum atomic E-state index is 11.0. The third-order valence-corrected chi connectivity index (χ3v) is 3.91. The highest BCUT2D eigenvalue weighted by Gasteiger charge is 2.27. The molecule has 4 unspecified atom stereocenters. The standard InChI is InChI=1S/C13H25NO2/c1-4-5-12(13(15)16)14-11-7-6-9(2)10(3)8-11/h9-12,14H,4-8H2,1-3H3,(H,15,16). The van der Waals surface area contributed by atoms with Crippen LogP contribution in [-0.4, -0.2) is 23.2 Å². The van der Waals surface area contributed by atoms with E-state index in [1.165, 1.54) is 6.42 Å². The third kappa shape index (κ3) is 3.78. The number of hydrogen-bond donors (Lipinski definition) is 2. The van der Waals surface area contributed by atoms with Crippen molar-refractivity contribution in [2.75, 3.05) is 0 Å². The first-order chi connectivity index (χ1) is 7.54. The second-order valence-corrected chi connectivity index (χ2v) is 5.31. The number of carbonyl (C=O) groups is 1. The molecule has 2 N–H and O–H groups in total. The fourth-order valence-corrected chi connectivity index (χ4v) is 2.55. The quantitative estimate of drug-likeness (QED) is 0.759. The Hall–Kier alpha value is -0.570. The molecule has 94 valence electrons. The van der Waals surface area contributed by atoms with E-state index in [2.05, 4.69) is 19.2 Å². The van der Waals surface area contributed by atoms with Gasteiger partial charge in [0.1, 0.15) is 6.04 Å². The predicted octanol–water partition coefficient (Wildman–Crippen LogP) is 2.65. The average molecular weight is 227 g/mol. The van der Waals surface area contributed by atoms with E-state index in [1.807, 2.05) is 6.92 Å². The lowest BCUT2D eigenvalue weighted by molar-refractivity contribution is -0.140. The molecule has 0 saturated heterocycles. The van der Waals surface area contributed by atoms with Crippen molar-refractivity contribution < 1.29 is 9.90 Å². The van der Waals surface area contributed by atoms with Crippen molar-refractivity contribution in [2.24, 2.45) is 11.8 Å². The van der Waals surface area contributed by atoms with Crippen LogP contribution >= 0.6 is 0 Å². The molecule has 0 bridgehead atoms. The van der Waals surface area contributed by atoms with Gasteiger partial charge >= 0.3 is 5.97 Å². The normalized spacial score (nSPS) is 32.3. The molecule has 0 aromatic rings. The van der Waals surface area contributed by atoms with E-state index < -0.39 is 5.97 Å². The van der Waals surface area contributed by atoms with E-state index in [0.717, 1.165) is 31.6 Å². The van der Waals surface area contributed by atoms with Crippen LogP contribution in [0.3, 0.4) is 0 Å². The topological polar surface area (TPSA) is 49.3 Å². The summed E-state index contributed by atoms with van der Waals surface area (Å²) in [6.45, 7) is 6.60. The largest absolute Gasteiger partial charge is 0.480 e. The monoisotopic (exact) mass is 227 g/mol. The highest BCUT2D eigenvalue weighted by Crippen LogP contribution is 2.29. The van der Waals surface area contributed by atoms with Crippen molar-refractivity contribution in [1.82, 2.24) is 5.32 Å². The summed E-state index contributed by atoms with van der Waals surface area (Å²) in [5.74, 6) is 0.794. The third-order valence-electron chi connectivity index (χ3n) is 3.91. The SMILES string of the molecule is CCCC(NC1CCC(C)C(C)C1)C(=O)O. The summed E-state index contributed by atoms with van der Waals surface area (Å²) in [4.78, 5) is 11.0. The molecule has 1 aliphatic rings. The second-order valence-electron chi connectivity index (χ2n) is 5.31. The lowest BCUT2D eigenvalue weighted by atomic mass is 9.79. The Kier molecular flexibility index (Phi) is 5.26. The molecule has 1 aliphatic carbocycles. The van der Waals surface area contributed by atoms with Crippen LogP contribution in [0.4, 0.5) is 0 Å². The van der Waals surface area contributed by atoms with Gasteiger partial charge < -0.3 is 10.4 Å². The molecule has 3 heteroatoms. The number of hydrogen-bond acceptors (Lipinski definition) is 2. The molecular formula is C13H25NO2. The molecule has 0 radical (unpaired) electrons. The zero-order valence-corrected chi connectivity index (χ0v) is 10.7. The molecule has 0 aromatic carbocycles.